The van der Waals surface area contributed by atoms with Gasteiger partial charge in [0.1, 0.15) is 0 Å². The quantitative estimate of drug-likeness (QED) is 0.279. The summed E-state index contributed by atoms with van der Waals surface area (Å²) in [5.41, 5.74) is 0.953. The van der Waals surface area contributed by atoms with Crippen LogP contribution in [0.5, 0.6) is 0 Å². The minimum absolute atomic E-state index is 0.0812. The van der Waals surface area contributed by atoms with E-state index >= 15 is 0 Å². The van der Waals surface area contributed by atoms with E-state index in [1.54, 1.807) is 53.9 Å². The van der Waals surface area contributed by atoms with Crippen molar-refractivity contribution in [1.29, 1.82) is 0 Å². The first-order valence-electron chi connectivity index (χ1n) is 7.82. The Morgan fingerprint density at radius 2 is 1.70 bits per heavy atom. The number of thiophene rings is 1. The molecule has 27 heavy (non-hydrogen) atoms. The van der Waals surface area contributed by atoms with Crippen LogP contribution in [-0.2, 0) is 12.6 Å². The van der Waals surface area contributed by atoms with Crippen molar-refractivity contribution < 1.29 is 15.7 Å². The number of halogens is 1. The number of carbonyl (C=O) groups excluding carboxylic acids is 1. The van der Waals surface area contributed by atoms with Crippen LogP contribution in [0.4, 0.5) is 0 Å². The molecule has 4 nitrogen and oxygen atoms in total. The second-order valence-corrected chi connectivity index (χ2v) is 12.1. The molecule has 0 atom stereocenters. The summed E-state index contributed by atoms with van der Waals surface area (Å²) in [7, 11) is -3.97. The topological polar surface area (TPSA) is 60.4 Å². The summed E-state index contributed by atoms with van der Waals surface area (Å²) in [5.74, 6) is 2.23. The summed E-state index contributed by atoms with van der Waals surface area (Å²) < 4.78 is 34.4. The SMILES string of the molecule is Cc1ccc(S(=O)(=O)OI(C#CC(=O)c2cccs2)c2ccccc2)cc1. The van der Waals surface area contributed by atoms with Crippen LogP contribution in [-0.4, -0.2) is 14.2 Å². The molecule has 0 spiro atoms. The number of aryl methyl sites for hydroxylation is 1. The zero-order valence-corrected chi connectivity index (χ0v) is 18.0. The standard InChI is InChI=1S/C20H15IO4S2/c1-16-9-11-18(12-10-16)27(23,24)25-21(17-6-3-2-4-7-17)14-13-19(22)20-8-5-15-26-20/h2-12,15H,1H3. The van der Waals surface area contributed by atoms with E-state index in [4.69, 9.17) is 2.51 Å². The maximum atomic E-state index is 12.7. The van der Waals surface area contributed by atoms with Gasteiger partial charge < -0.3 is 0 Å². The Balaban J connectivity index is 1.91. The molecule has 2 aromatic carbocycles. The van der Waals surface area contributed by atoms with Crippen molar-refractivity contribution >= 4 is 47.5 Å². The van der Waals surface area contributed by atoms with E-state index in [1.807, 2.05) is 13.0 Å². The molecule has 1 heterocycles. The van der Waals surface area contributed by atoms with Gasteiger partial charge >= 0.3 is 171 Å². The third-order valence-corrected chi connectivity index (χ3v) is 10.5. The molecule has 0 aliphatic rings. The van der Waals surface area contributed by atoms with E-state index in [0.29, 0.717) is 8.45 Å². The molecule has 0 aliphatic carbocycles. The van der Waals surface area contributed by atoms with Gasteiger partial charge in [0.05, 0.1) is 0 Å². The molecule has 0 aliphatic heterocycles. The van der Waals surface area contributed by atoms with Crippen LogP contribution in [0.15, 0.2) is 77.0 Å². The Hall–Kier alpha value is -1.99. The van der Waals surface area contributed by atoms with E-state index in [2.05, 4.69) is 9.85 Å². The molecule has 0 fully saturated rings. The third kappa shape index (κ3) is 5.26. The Morgan fingerprint density at radius 3 is 2.33 bits per heavy atom. The van der Waals surface area contributed by atoms with Gasteiger partial charge in [-0.1, -0.05) is 0 Å². The van der Waals surface area contributed by atoms with Gasteiger partial charge in [-0.25, -0.2) is 0 Å². The Kier molecular flexibility index (Phi) is 6.44. The van der Waals surface area contributed by atoms with E-state index in [-0.39, 0.29) is 10.7 Å². The summed E-state index contributed by atoms with van der Waals surface area (Å²) in [5, 5.41) is 1.79. The third-order valence-electron chi connectivity index (χ3n) is 3.38. The van der Waals surface area contributed by atoms with Gasteiger partial charge in [-0.15, -0.1) is 0 Å². The molecular formula is C20H15IO4S2. The first-order valence-corrected chi connectivity index (χ1v) is 13.1. The van der Waals surface area contributed by atoms with Crippen LogP contribution in [0, 0.1) is 20.3 Å². The first-order chi connectivity index (χ1) is 13.0. The van der Waals surface area contributed by atoms with Gasteiger partial charge in [0.25, 0.3) is 0 Å². The van der Waals surface area contributed by atoms with Crippen molar-refractivity contribution in [3.8, 4) is 9.85 Å². The van der Waals surface area contributed by atoms with Crippen molar-refractivity contribution in [2.24, 2.45) is 0 Å². The van der Waals surface area contributed by atoms with E-state index in [9.17, 15) is 13.2 Å². The van der Waals surface area contributed by atoms with Gasteiger partial charge in [-0.3, -0.25) is 0 Å². The molecule has 0 saturated carbocycles. The van der Waals surface area contributed by atoms with E-state index in [1.165, 1.54) is 23.5 Å². The summed E-state index contributed by atoms with van der Waals surface area (Å²) in [4.78, 5) is 12.8. The monoisotopic (exact) mass is 510 g/mol. The van der Waals surface area contributed by atoms with Crippen molar-refractivity contribution in [1.82, 2.24) is 0 Å². The summed E-state index contributed by atoms with van der Waals surface area (Å²) in [6.45, 7) is 1.88. The van der Waals surface area contributed by atoms with Crippen molar-refractivity contribution in [3.63, 3.8) is 0 Å². The molecule has 0 bridgehead atoms. The summed E-state index contributed by atoms with van der Waals surface area (Å²) in [6, 6.07) is 18.9. The van der Waals surface area contributed by atoms with Crippen LogP contribution < -0.4 is 0 Å². The summed E-state index contributed by atoms with van der Waals surface area (Å²) in [6.07, 6.45) is 0. The molecule has 0 amide bonds. The molecular weight excluding hydrogens is 495 g/mol. The molecule has 138 valence electrons. The molecule has 0 unspecified atom stereocenters. The average molecular weight is 510 g/mol. The molecule has 0 saturated heterocycles. The number of hydrogen-bond donors (Lipinski definition) is 0. The number of benzene rings is 2. The predicted molar refractivity (Wildman–Crippen MR) is 115 cm³/mol. The second-order valence-electron chi connectivity index (χ2n) is 5.40. The fraction of sp³-hybridized carbons (Fsp3) is 0.0500. The van der Waals surface area contributed by atoms with Crippen LogP contribution >= 0.6 is 31.6 Å². The van der Waals surface area contributed by atoms with Crippen LogP contribution in [0.25, 0.3) is 0 Å². The molecule has 3 aromatic rings. The van der Waals surface area contributed by atoms with Gasteiger partial charge in [-0.2, -0.15) is 0 Å². The van der Waals surface area contributed by atoms with E-state index < -0.39 is 30.4 Å². The molecule has 3 rings (SSSR count). The Bertz CT molecular complexity index is 1080. The van der Waals surface area contributed by atoms with Gasteiger partial charge in [0.2, 0.25) is 0 Å². The van der Waals surface area contributed by atoms with Crippen LogP contribution in [0.3, 0.4) is 0 Å². The van der Waals surface area contributed by atoms with Gasteiger partial charge in [0, 0.05) is 0 Å². The van der Waals surface area contributed by atoms with Crippen molar-refractivity contribution in [2.75, 3.05) is 0 Å². The fourth-order valence-electron chi connectivity index (χ4n) is 2.02. The second kappa shape index (κ2) is 8.80. The van der Waals surface area contributed by atoms with Crippen LogP contribution in [0.2, 0.25) is 0 Å². The number of ketones is 1. The minimum atomic E-state index is -3.97. The van der Waals surface area contributed by atoms with Crippen LogP contribution in [0.1, 0.15) is 15.2 Å². The fourth-order valence-corrected chi connectivity index (χ4v) is 8.25. The zero-order valence-electron chi connectivity index (χ0n) is 14.3. The Morgan fingerprint density at radius 1 is 1.00 bits per heavy atom. The number of hydrogen-bond acceptors (Lipinski definition) is 5. The number of carbonyl (C=O) groups is 1. The van der Waals surface area contributed by atoms with Gasteiger partial charge in [0.15, 0.2) is 0 Å². The predicted octanol–water partition coefficient (Wildman–Crippen LogP) is 4.90. The maximum absolute atomic E-state index is 12.7. The number of Topliss-reactive ketones (excluding diaryl/α,β-unsaturated/α-hetero) is 1. The van der Waals surface area contributed by atoms with Gasteiger partial charge in [-0.05, 0) is 0 Å². The molecule has 7 heteroatoms. The zero-order chi connectivity index (χ0) is 19.3. The molecule has 0 radical (unpaired) electrons. The average Bonchev–Trinajstić information content (AvgIpc) is 3.21. The molecule has 0 N–H and O–H groups in total. The summed E-state index contributed by atoms with van der Waals surface area (Å²) >= 11 is -1.64. The van der Waals surface area contributed by atoms with E-state index in [0.717, 1.165) is 5.56 Å². The normalized spacial score (nSPS) is 11.4. The Labute approximate surface area is 170 Å². The molecule has 1 aromatic heterocycles. The van der Waals surface area contributed by atoms with Crippen molar-refractivity contribution in [3.05, 3.63) is 86.1 Å². The first kappa shape index (κ1) is 19.8. The van der Waals surface area contributed by atoms with Crippen molar-refractivity contribution in [2.45, 2.75) is 11.8 Å². The number of rotatable bonds is 5.